The number of ether oxygens (including phenoxy) is 1. The third kappa shape index (κ3) is 4.25. The minimum absolute atomic E-state index is 0.0967. The Bertz CT molecular complexity index is 574. The van der Waals surface area contributed by atoms with E-state index in [1.165, 1.54) is 19.2 Å². The highest BCUT2D eigenvalue weighted by molar-refractivity contribution is 9.10. The van der Waals surface area contributed by atoms with E-state index in [0.717, 1.165) is 6.07 Å². The Morgan fingerprint density at radius 2 is 2.00 bits per heavy atom. The number of halogens is 1. The van der Waals surface area contributed by atoms with Crippen molar-refractivity contribution < 1.29 is 19.2 Å². The van der Waals surface area contributed by atoms with Crippen LogP contribution in [0.15, 0.2) is 22.7 Å². The summed E-state index contributed by atoms with van der Waals surface area (Å²) in [5, 5.41) is 13.4. The first-order valence-electron chi connectivity index (χ1n) is 6.10. The first-order chi connectivity index (χ1) is 9.77. The van der Waals surface area contributed by atoms with Crippen LogP contribution in [0.1, 0.15) is 24.2 Å². The van der Waals surface area contributed by atoms with Crippen LogP contribution in [0.3, 0.4) is 0 Å². The second kappa shape index (κ2) is 7.16. The van der Waals surface area contributed by atoms with Gasteiger partial charge in [-0.2, -0.15) is 0 Å². The van der Waals surface area contributed by atoms with Gasteiger partial charge in [0, 0.05) is 11.6 Å². The van der Waals surface area contributed by atoms with Crippen molar-refractivity contribution in [3.8, 4) is 0 Å². The number of esters is 1. The zero-order chi connectivity index (χ0) is 16.2. The number of carbonyl (C=O) groups excluding carboxylic acids is 2. The van der Waals surface area contributed by atoms with E-state index in [9.17, 15) is 19.7 Å². The van der Waals surface area contributed by atoms with Gasteiger partial charge in [-0.15, -0.1) is 0 Å². The van der Waals surface area contributed by atoms with Crippen molar-refractivity contribution in [1.29, 1.82) is 0 Å². The molecule has 21 heavy (non-hydrogen) atoms. The maximum atomic E-state index is 12.1. The van der Waals surface area contributed by atoms with Crippen LogP contribution in [0.25, 0.3) is 0 Å². The van der Waals surface area contributed by atoms with E-state index in [1.807, 2.05) is 0 Å². The molecule has 1 aromatic rings. The Labute approximate surface area is 129 Å². The Morgan fingerprint density at radius 1 is 1.38 bits per heavy atom. The quantitative estimate of drug-likeness (QED) is 0.494. The highest BCUT2D eigenvalue weighted by Crippen LogP contribution is 2.25. The minimum atomic E-state index is -0.815. The van der Waals surface area contributed by atoms with Gasteiger partial charge in [-0.05, 0) is 34.0 Å². The molecule has 7 nitrogen and oxygen atoms in total. The molecular formula is C13H15BrN2O5. The van der Waals surface area contributed by atoms with Crippen LogP contribution in [0.4, 0.5) is 5.69 Å². The highest BCUT2D eigenvalue weighted by atomic mass is 79.9. The van der Waals surface area contributed by atoms with Gasteiger partial charge in [0.1, 0.15) is 6.04 Å². The van der Waals surface area contributed by atoms with Crippen molar-refractivity contribution >= 4 is 33.5 Å². The summed E-state index contributed by atoms with van der Waals surface area (Å²) in [6.07, 6.45) is 0. The molecule has 0 aliphatic carbocycles. The summed E-state index contributed by atoms with van der Waals surface area (Å²) >= 11 is 3.04. The summed E-state index contributed by atoms with van der Waals surface area (Å²) in [4.78, 5) is 34.0. The molecule has 114 valence electrons. The van der Waals surface area contributed by atoms with Crippen LogP contribution in [0.5, 0.6) is 0 Å². The fraction of sp³-hybridized carbons (Fsp3) is 0.385. The van der Waals surface area contributed by atoms with Crippen molar-refractivity contribution in [3.63, 3.8) is 0 Å². The lowest BCUT2D eigenvalue weighted by molar-refractivity contribution is -0.385. The van der Waals surface area contributed by atoms with Gasteiger partial charge in [-0.3, -0.25) is 14.9 Å². The molecule has 1 N–H and O–H groups in total. The Kier molecular flexibility index (Phi) is 5.83. The second-order valence-electron chi connectivity index (χ2n) is 4.64. The Balaban J connectivity index is 3.01. The van der Waals surface area contributed by atoms with E-state index in [-0.39, 0.29) is 21.6 Å². The van der Waals surface area contributed by atoms with Gasteiger partial charge >= 0.3 is 5.97 Å². The van der Waals surface area contributed by atoms with Gasteiger partial charge in [-0.1, -0.05) is 13.8 Å². The van der Waals surface area contributed by atoms with Crippen LogP contribution in [-0.4, -0.2) is 30.0 Å². The summed E-state index contributed by atoms with van der Waals surface area (Å²) in [6, 6.07) is 3.18. The first kappa shape index (κ1) is 17.1. The predicted octanol–water partition coefficient (Wildman–Crippen LogP) is 2.28. The molecule has 1 amide bonds. The van der Waals surface area contributed by atoms with Crippen molar-refractivity contribution in [2.24, 2.45) is 5.92 Å². The number of nitrogens with zero attached hydrogens (tertiary/aromatic N) is 1. The molecule has 1 aromatic carbocycles. The molecule has 0 saturated carbocycles. The van der Waals surface area contributed by atoms with Crippen LogP contribution in [0.2, 0.25) is 0 Å². The number of nitrogens with one attached hydrogen (secondary N) is 1. The molecular weight excluding hydrogens is 344 g/mol. The fourth-order valence-corrected chi connectivity index (χ4v) is 2.03. The standard InChI is InChI=1S/C13H15BrN2O5/c1-7(2)11(13(18)21-3)15-12(17)8-4-5-9(14)10(6-8)16(19)20/h4-7,11H,1-3H3,(H,15,17). The number of amides is 1. The van der Waals surface area contributed by atoms with E-state index in [4.69, 9.17) is 0 Å². The zero-order valence-corrected chi connectivity index (χ0v) is 13.3. The highest BCUT2D eigenvalue weighted by Gasteiger charge is 2.26. The number of methoxy groups -OCH3 is 1. The Morgan fingerprint density at radius 3 is 2.48 bits per heavy atom. The van der Waals surface area contributed by atoms with Gasteiger partial charge in [0.15, 0.2) is 0 Å². The fourth-order valence-electron chi connectivity index (χ4n) is 1.64. The number of benzene rings is 1. The zero-order valence-electron chi connectivity index (χ0n) is 11.8. The SMILES string of the molecule is COC(=O)C(NC(=O)c1ccc(Br)c([N+](=O)[O-])c1)C(C)C. The van der Waals surface area contributed by atoms with Crippen molar-refractivity contribution in [2.75, 3.05) is 7.11 Å². The van der Waals surface area contributed by atoms with E-state index >= 15 is 0 Å². The van der Waals surface area contributed by atoms with E-state index in [2.05, 4.69) is 26.0 Å². The summed E-state index contributed by atoms with van der Waals surface area (Å²) in [6.45, 7) is 3.51. The topological polar surface area (TPSA) is 98.5 Å². The van der Waals surface area contributed by atoms with Crippen LogP contribution in [-0.2, 0) is 9.53 Å². The normalized spacial score (nSPS) is 11.9. The smallest absolute Gasteiger partial charge is 0.328 e. The summed E-state index contributed by atoms with van der Waals surface area (Å²) < 4.78 is 4.90. The minimum Gasteiger partial charge on any atom is -0.467 e. The first-order valence-corrected chi connectivity index (χ1v) is 6.89. The summed E-state index contributed by atoms with van der Waals surface area (Å²) in [7, 11) is 1.23. The molecule has 1 atom stereocenters. The number of nitro benzene ring substituents is 1. The van der Waals surface area contributed by atoms with E-state index in [1.54, 1.807) is 13.8 Å². The third-order valence-electron chi connectivity index (χ3n) is 2.81. The van der Waals surface area contributed by atoms with E-state index in [0.29, 0.717) is 0 Å². The van der Waals surface area contributed by atoms with Crippen LogP contribution in [0, 0.1) is 16.0 Å². The molecule has 0 radical (unpaired) electrons. The van der Waals surface area contributed by atoms with Crippen LogP contribution >= 0.6 is 15.9 Å². The summed E-state index contributed by atoms with van der Waals surface area (Å²) in [5.74, 6) is -1.31. The molecule has 0 heterocycles. The molecule has 1 rings (SSSR count). The number of hydrogen-bond donors (Lipinski definition) is 1. The van der Waals surface area contributed by atoms with Crippen molar-refractivity contribution in [3.05, 3.63) is 38.3 Å². The molecule has 1 unspecified atom stereocenters. The summed E-state index contributed by atoms with van der Waals surface area (Å²) in [5.41, 5.74) is -0.124. The van der Waals surface area contributed by atoms with Gasteiger partial charge in [0.05, 0.1) is 16.5 Å². The number of hydrogen-bond acceptors (Lipinski definition) is 5. The van der Waals surface area contributed by atoms with Gasteiger partial charge in [0.25, 0.3) is 11.6 Å². The molecule has 0 saturated heterocycles. The maximum Gasteiger partial charge on any atom is 0.328 e. The molecule has 0 fully saturated rings. The molecule has 0 spiro atoms. The predicted molar refractivity (Wildman–Crippen MR) is 78.9 cm³/mol. The molecule has 0 aromatic heterocycles. The monoisotopic (exact) mass is 358 g/mol. The molecule has 0 aliphatic heterocycles. The lowest BCUT2D eigenvalue weighted by atomic mass is 10.0. The van der Waals surface area contributed by atoms with Crippen LogP contribution < -0.4 is 5.32 Å². The third-order valence-corrected chi connectivity index (χ3v) is 3.48. The van der Waals surface area contributed by atoms with Crippen molar-refractivity contribution in [1.82, 2.24) is 5.32 Å². The van der Waals surface area contributed by atoms with E-state index < -0.39 is 22.8 Å². The maximum absolute atomic E-state index is 12.1. The lowest BCUT2D eigenvalue weighted by Crippen LogP contribution is -2.45. The lowest BCUT2D eigenvalue weighted by Gasteiger charge is -2.19. The molecule has 8 heteroatoms. The van der Waals surface area contributed by atoms with Crippen molar-refractivity contribution in [2.45, 2.75) is 19.9 Å². The molecule has 0 bridgehead atoms. The van der Waals surface area contributed by atoms with Gasteiger partial charge in [-0.25, -0.2) is 4.79 Å². The molecule has 0 aliphatic rings. The largest absolute Gasteiger partial charge is 0.467 e. The van der Waals surface area contributed by atoms with Gasteiger partial charge < -0.3 is 10.1 Å². The number of rotatable bonds is 5. The second-order valence-corrected chi connectivity index (χ2v) is 5.50. The average Bonchev–Trinajstić information content (AvgIpc) is 2.43. The Hall–Kier alpha value is -1.96. The average molecular weight is 359 g/mol. The van der Waals surface area contributed by atoms with Gasteiger partial charge in [0.2, 0.25) is 0 Å². The number of carbonyl (C=O) groups is 2. The number of nitro groups is 1.